The van der Waals surface area contributed by atoms with Crippen LogP contribution in [0.4, 0.5) is 0 Å². The Bertz CT molecular complexity index is 1840. The number of hydrogen-bond donors (Lipinski definition) is 3. The smallest absolute Gasteiger partial charge is 0.335 e. The van der Waals surface area contributed by atoms with Crippen LogP contribution in [0.2, 0.25) is 0 Å². The molecule has 1 aliphatic rings. The Labute approximate surface area is 478 Å². The van der Waals surface area contributed by atoms with E-state index in [1.165, 1.54) is 57.8 Å². The molecule has 6 atom stereocenters. The van der Waals surface area contributed by atoms with E-state index in [4.69, 9.17) is 23.7 Å². The molecule has 446 valence electrons. The van der Waals surface area contributed by atoms with Gasteiger partial charge in [0.2, 0.25) is 0 Å². The van der Waals surface area contributed by atoms with Gasteiger partial charge in [-0.25, -0.2) is 4.79 Å². The van der Waals surface area contributed by atoms with Gasteiger partial charge in [0.05, 0.1) is 13.0 Å². The molecule has 12 nitrogen and oxygen atoms in total. The van der Waals surface area contributed by atoms with Crippen molar-refractivity contribution in [1.29, 1.82) is 0 Å². The van der Waals surface area contributed by atoms with Crippen molar-refractivity contribution in [1.82, 2.24) is 0 Å². The molecule has 79 heavy (non-hydrogen) atoms. The Morgan fingerprint density at radius 2 is 0.835 bits per heavy atom. The highest BCUT2D eigenvalue weighted by atomic mass is 16.7. The van der Waals surface area contributed by atoms with E-state index in [0.29, 0.717) is 19.3 Å². The van der Waals surface area contributed by atoms with Gasteiger partial charge in [0.15, 0.2) is 24.6 Å². The van der Waals surface area contributed by atoms with Crippen molar-refractivity contribution < 1.29 is 58.2 Å². The number of carboxylic acids is 1. The van der Waals surface area contributed by atoms with Gasteiger partial charge in [-0.15, -0.1) is 0 Å². The van der Waals surface area contributed by atoms with Crippen LogP contribution in [0.25, 0.3) is 0 Å². The van der Waals surface area contributed by atoms with Crippen molar-refractivity contribution in [2.75, 3.05) is 13.2 Å². The highest BCUT2D eigenvalue weighted by Crippen LogP contribution is 2.26. The predicted molar refractivity (Wildman–Crippen MR) is 321 cm³/mol. The fourth-order valence-electron chi connectivity index (χ4n) is 8.43. The minimum Gasteiger partial charge on any atom is -0.479 e. The minimum atomic E-state index is -1.94. The minimum absolute atomic E-state index is 0.136. The van der Waals surface area contributed by atoms with Crippen LogP contribution in [0, 0.1) is 0 Å². The summed E-state index contributed by atoms with van der Waals surface area (Å²) in [4.78, 5) is 51.1. The first-order chi connectivity index (χ1) is 38.6. The number of carboxylic acid groups (broad SMARTS) is 1. The summed E-state index contributed by atoms with van der Waals surface area (Å²) in [6.45, 7) is 5.69. The number of aliphatic hydroxyl groups is 2. The zero-order valence-electron chi connectivity index (χ0n) is 49.1. The molecule has 1 heterocycles. The fourth-order valence-corrected chi connectivity index (χ4v) is 8.43. The monoisotopic (exact) mass is 1100 g/mol. The molecule has 0 spiro atoms. The molecule has 3 N–H and O–H groups in total. The second kappa shape index (κ2) is 53.7. The topological polar surface area (TPSA) is 175 Å². The highest BCUT2D eigenvalue weighted by Gasteiger charge is 2.50. The molecule has 1 saturated heterocycles. The Balaban J connectivity index is 2.76. The second-order valence-corrected chi connectivity index (χ2v) is 20.2. The number of unbranched alkanes of at least 4 members (excludes halogenated alkanes) is 17. The van der Waals surface area contributed by atoms with Gasteiger partial charge in [0.25, 0.3) is 0 Å². The van der Waals surface area contributed by atoms with Crippen LogP contribution in [0.3, 0.4) is 0 Å². The van der Waals surface area contributed by atoms with Gasteiger partial charge in [-0.2, -0.15) is 0 Å². The number of carbonyl (C=O) groups is 4. The van der Waals surface area contributed by atoms with Crippen molar-refractivity contribution in [3.8, 4) is 0 Å². The number of aliphatic carboxylic acids is 1. The number of ether oxygens (including phenoxy) is 5. The van der Waals surface area contributed by atoms with E-state index < -0.39 is 67.3 Å². The summed E-state index contributed by atoms with van der Waals surface area (Å²) < 4.78 is 28.3. The SMILES string of the molecule is CC/C=C\C/C=C\C/C=C\C/C=C\C/C=C\CC(=O)OC1C(OCC(COC(=O)CCCCCC/C=C\C/C=C\C/C=C\C/C=C\CC)OC(=O)CCCCCCCCC/C=C\CCCCCCCC)OC(C(=O)O)C(O)C1O. The molecule has 12 heteroatoms. The molecule has 0 radical (unpaired) electrons. The van der Waals surface area contributed by atoms with Crippen LogP contribution in [0.15, 0.2) is 122 Å². The van der Waals surface area contributed by atoms with Crippen LogP contribution >= 0.6 is 0 Å². The van der Waals surface area contributed by atoms with Crippen molar-refractivity contribution >= 4 is 23.9 Å². The third-order valence-corrected chi connectivity index (χ3v) is 13.0. The lowest BCUT2D eigenvalue weighted by Gasteiger charge is -2.40. The van der Waals surface area contributed by atoms with Crippen LogP contribution < -0.4 is 0 Å². The Hall–Kier alpha value is -4.88. The van der Waals surface area contributed by atoms with E-state index >= 15 is 0 Å². The third kappa shape index (κ3) is 43.6. The van der Waals surface area contributed by atoms with E-state index in [9.17, 15) is 34.5 Å². The maximum absolute atomic E-state index is 13.2. The summed E-state index contributed by atoms with van der Waals surface area (Å²) >= 11 is 0. The van der Waals surface area contributed by atoms with Crippen LogP contribution in [-0.2, 0) is 42.9 Å². The highest BCUT2D eigenvalue weighted by molar-refractivity contribution is 5.74. The fraction of sp³-hybridized carbons (Fsp3) is 0.642. The number of hydrogen-bond acceptors (Lipinski definition) is 11. The molecule has 0 aromatic heterocycles. The first kappa shape index (κ1) is 72.1. The molecule has 1 aliphatic heterocycles. The van der Waals surface area contributed by atoms with Crippen LogP contribution in [0.5, 0.6) is 0 Å². The lowest BCUT2D eigenvalue weighted by Crippen LogP contribution is -2.61. The van der Waals surface area contributed by atoms with E-state index in [2.05, 4.69) is 118 Å². The Kier molecular flexibility index (Phi) is 49.1. The number of carbonyl (C=O) groups excluding carboxylic acids is 3. The zero-order chi connectivity index (χ0) is 57.5. The molecule has 0 aromatic rings. The van der Waals surface area contributed by atoms with Gasteiger partial charge in [-0.1, -0.05) is 219 Å². The average molecular weight is 1100 g/mol. The number of rotatable bonds is 50. The maximum Gasteiger partial charge on any atom is 0.335 e. The number of aliphatic hydroxyl groups excluding tert-OH is 2. The summed E-state index contributed by atoms with van der Waals surface area (Å²) in [5, 5.41) is 31.5. The van der Waals surface area contributed by atoms with E-state index in [1.807, 2.05) is 12.2 Å². The third-order valence-electron chi connectivity index (χ3n) is 13.0. The van der Waals surface area contributed by atoms with Crippen molar-refractivity contribution in [3.63, 3.8) is 0 Å². The first-order valence-electron chi connectivity index (χ1n) is 30.5. The summed E-state index contributed by atoms with van der Waals surface area (Å²) in [5.41, 5.74) is 0. The number of esters is 3. The van der Waals surface area contributed by atoms with E-state index in [1.54, 1.807) is 12.2 Å². The standard InChI is InChI=1S/C67H106O12/c1-4-7-10-13-16-19-22-25-28-30-33-35-38-41-44-47-50-53-59(68)75-56-58(77-60(69)54-51-48-45-42-39-37-34-31-29-26-23-20-17-14-11-8-5-2)57-76-67-65(63(72)62(71)64(79-67)66(73)74)78-61(70)55-52-49-46-43-40-36-32-27-24-21-18-15-12-9-6-3/h7,9-10,12,16,18-19,21,25-29,32-33,35,40,43,49,52,58,62-65,67,71-72H,4-6,8,11,13-15,17,20,22-24,30-31,34,36-39,41-42,44-48,50-51,53-57H2,1-3H3,(H,73,74)/b10-7-,12-9-,19-16-,21-18-,28-25-,29-26-,32-27-,35-33-,43-40-,52-49-. The normalized spacial score (nSPS) is 18.7. The molecule has 0 aromatic carbocycles. The molecular formula is C67H106O12. The van der Waals surface area contributed by atoms with Gasteiger partial charge in [-0.3, -0.25) is 14.4 Å². The van der Waals surface area contributed by atoms with E-state index in [-0.39, 0.29) is 25.9 Å². The average Bonchev–Trinajstić information content (AvgIpc) is 3.43. The molecule has 6 unspecified atom stereocenters. The Morgan fingerprint density at radius 1 is 0.443 bits per heavy atom. The molecule has 1 fully saturated rings. The lowest BCUT2D eigenvalue weighted by molar-refractivity contribution is -0.301. The summed E-state index contributed by atoms with van der Waals surface area (Å²) in [7, 11) is 0. The van der Waals surface area contributed by atoms with Gasteiger partial charge < -0.3 is 39.0 Å². The second-order valence-electron chi connectivity index (χ2n) is 20.2. The van der Waals surface area contributed by atoms with Gasteiger partial charge >= 0.3 is 23.9 Å². The van der Waals surface area contributed by atoms with Gasteiger partial charge in [0, 0.05) is 12.8 Å². The van der Waals surface area contributed by atoms with Crippen molar-refractivity contribution in [2.45, 2.75) is 263 Å². The molecule has 0 bridgehead atoms. The lowest BCUT2D eigenvalue weighted by atomic mass is 9.98. The van der Waals surface area contributed by atoms with E-state index in [0.717, 1.165) is 109 Å². The molecule has 1 rings (SSSR count). The van der Waals surface area contributed by atoms with Crippen LogP contribution in [-0.4, -0.2) is 89.2 Å². The molecular weight excluding hydrogens is 997 g/mol. The summed E-state index contributed by atoms with van der Waals surface area (Å²) in [6, 6.07) is 0. The zero-order valence-corrected chi connectivity index (χ0v) is 49.1. The van der Waals surface area contributed by atoms with Gasteiger partial charge in [-0.05, 0) is 109 Å². The largest absolute Gasteiger partial charge is 0.479 e. The number of allylic oxidation sites excluding steroid dienone is 19. The molecule has 0 saturated carbocycles. The van der Waals surface area contributed by atoms with Crippen molar-refractivity contribution in [2.24, 2.45) is 0 Å². The maximum atomic E-state index is 13.2. The van der Waals surface area contributed by atoms with Gasteiger partial charge in [0.1, 0.15) is 18.8 Å². The quantitative estimate of drug-likeness (QED) is 0.0228. The van der Waals surface area contributed by atoms with Crippen LogP contribution in [0.1, 0.15) is 226 Å². The molecule has 0 amide bonds. The summed E-state index contributed by atoms with van der Waals surface area (Å²) in [6.07, 6.45) is 61.9. The first-order valence-corrected chi connectivity index (χ1v) is 30.5. The summed E-state index contributed by atoms with van der Waals surface area (Å²) in [5.74, 6) is -3.33. The predicted octanol–water partition coefficient (Wildman–Crippen LogP) is 16.0. The Morgan fingerprint density at radius 3 is 1.29 bits per heavy atom. The van der Waals surface area contributed by atoms with Crippen molar-refractivity contribution in [3.05, 3.63) is 122 Å². The molecule has 0 aliphatic carbocycles.